The van der Waals surface area contributed by atoms with Crippen LogP contribution in [-0.2, 0) is 0 Å². The minimum atomic E-state index is -4.79. The van der Waals surface area contributed by atoms with Gasteiger partial charge in [0.05, 0.1) is 0 Å². The lowest BCUT2D eigenvalue weighted by atomic mass is 10.0. The predicted molar refractivity (Wildman–Crippen MR) is 47.2 cm³/mol. The van der Waals surface area contributed by atoms with Gasteiger partial charge in [-0.25, -0.2) is 4.39 Å². The van der Waals surface area contributed by atoms with Gasteiger partial charge in [-0.15, -0.1) is 13.2 Å². The van der Waals surface area contributed by atoms with Gasteiger partial charge < -0.3 is 4.74 Å². The van der Waals surface area contributed by atoms with Gasteiger partial charge in [0.15, 0.2) is 0 Å². The molecule has 0 fully saturated rings. The van der Waals surface area contributed by atoms with Crippen LogP contribution >= 0.6 is 0 Å². The zero-order chi connectivity index (χ0) is 11.6. The standard InChI is InChI=1S/C10H10F4O/c1-6(2)9-7(11)4-3-5-8(9)15-10(12,13)14/h3-6H,1-2H3. The van der Waals surface area contributed by atoms with Gasteiger partial charge in [-0.05, 0) is 18.1 Å². The summed E-state index contributed by atoms with van der Waals surface area (Å²) >= 11 is 0. The molecule has 0 amide bonds. The number of rotatable bonds is 2. The van der Waals surface area contributed by atoms with Gasteiger partial charge in [-0.1, -0.05) is 19.9 Å². The maximum absolute atomic E-state index is 13.2. The normalized spacial score (nSPS) is 11.9. The molecule has 0 atom stereocenters. The van der Waals surface area contributed by atoms with Crippen LogP contribution in [0.5, 0.6) is 5.75 Å². The van der Waals surface area contributed by atoms with E-state index in [1.54, 1.807) is 13.8 Å². The lowest BCUT2D eigenvalue weighted by Crippen LogP contribution is -2.18. The fourth-order valence-electron chi connectivity index (χ4n) is 1.29. The van der Waals surface area contributed by atoms with E-state index < -0.39 is 17.9 Å². The topological polar surface area (TPSA) is 9.23 Å². The molecule has 0 saturated carbocycles. The molecular formula is C10H10F4O. The molecule has 0 unspecified atom stereocenters. The Morgan fingerprint density at radius 1 is 1.20 bits per heavy atom. The van der Waals surface area contributed by atoms with E-state index in [-0.39, 0.29) is 11.5 Å². The van der Waals surface area contributed by atoms with Crippen LogP contribution in [0.15, 0.2) is 18.2 Å². The van der Waals surface area contributed by atoms with Crippen molar-refractivity contribution in [3.63, 3.8) is 0 Å². The Morgan fingerprint density at radius 3 is 2.27 bits per heavy atom. The van der Waals surface area contributed by atoms with Crippen LogP contribution in [0, 0.1) is 5.82 Å². The Labute approximate surface area is 84.7 Å². The molecule has 0 radical (unpaired) electrons. The van der Waals surface area contributed by atoms with Crippen LogP contribution in [-0.4, -0.2) is 6.36 Å². The summed E-state index contributed by atoms with van der Waals surface area (Å²) in [5.74, 6) is -1.53. The van der Waals surface area contributed by atoms with Crippen molar-refractivity contribution in [1.82, 2.24) is 0 Å². The average Bonchev–Trinajstić information content (AvgIpc) is 1.99. The minimum Gasteiger partial charge on any atom is -0.405 e. The molecule has 0 aromatic heterocycles. The molecule has 0 aliphatic heterocycles. The molecule has 0 spiro atoms. The summed E-state index contributed by atoms with van der Waals surface area (Å²) in [5, 5.41) is 0. The summed E-state index contributed by atoms with van der Waals surface area (Å²) in [6, 6.07) is 3.40. The fourth-order valence-corrected chi connectivity index (χ4v) is 1.29. The van der Waals surface area contributed by atoms with Crippen molar-refractivity contribution in [3.8, 4) is 5.75 Å². The van der Waals surface area contributed by atoms with E-state index in [0.717, 1.165) is 12.1 Å². The minimum absolute atomic E-state index is 0.0603. The van der Waals surface area contributed by atoms with Crippen LogP contribution in [0.4, 0.5) is 17.6 Å². The smallest absolute Gasteiger partial charge is 0.405 e. The molecule has 84 valence electrons. The first kappa shape index (κ1) is 11.8. The van der Waals surface area contributed by atoms with E-state index in [1.807, 2.05) is 0 Å². The lowest BCUT2D eigenvalue weighted by molar-refractivity contribution is -0.275. The highest BCUT2D eigenvalue weighted by molar-refractivity contribution is 5.37. The molecule has 1 rings (SSSR count). The zero-order valence-corrected chi connectivity index (χ0v) is 8.23. The van der Waals surface area contributed by atoms with Gasteiger partial charge in [-0.2, -0.15) is 0 Å². The first-order valence-corrected chi connectivity index (χ1v) is 4.35. The first-order valence-electron chi connectivity index (χ1n) is 4.35. The summed E-state index contributed by atoms with van der Waals surface area (Å²) in [7, 11) is 0. The molecule has 0 bridgehead atoms. The van der Waals surface area contributed by atoms with Crippen LogP contribution in [0.3, 0.4) is 0 Å². The maximum atomic E-state index is 13.2. The second-order valence-corrected chi connectivity index (χ2v) is 3.35. The van der Waals surface area contributed by atoms with E-state index in [4.69, 9.17) is 0 Å². The molecule has 0 saturated heterocycles. The summed E-state index contributed by atoms with van der Waals surface area (Å²) in [6.45, 7) is 3.20. The quantitative estimate of drug-likeness (QED) is 0.690. The van der Waals surface area contributed by atoms with Crippen molar-refractivity contribution in [3.05, 3.63) is 29.6 Å². The third kappa shape index (κ3) is 3.11. The second kappa shape index (κ2) is 4.08. The summed E-state index contributed by atoms with van der Waals surface area (Å²) < 4.78 is 52.9. The summed E-state index contributed by atoms with van der Waals surface area (Å²) in [4.78, 5) is 0. The molecule has 15 heavy (non-hydrogen) atoms. The van der Waals surface area contributed by atoms with E-state index >= 15 is 0 Å². The Hall–Kier alpha value is -1.26. The van der Waals surface area contributed by atoms with Crippen molar-refractivity contribution in [1.29, 1.82) is 0 Å². The molecule has 1 aromatic rings. The molecule has 1 aromatic carbocycles. The monoisotopic (exact) mass is 222 g/mol. The maximum Gasteiger partial charge on any atom is 0.573 e. The Bertz CT molecular complexity index is 344. The molecule has 0 aliphatic carbocycles. The highest BCUT2D eigenvalue weighted by atomic mass is 19.4. The lowest BCUT2D eigenvalue weighted by Gasteiger charge is -2.15. The molecule has 0 N–H and O–H groups in total. The predicted octanol–water partition coefficient (Wildman–Crippen LogP) is 3.85. The van der Waals surface area contributed by atoms with E-state index in [9.17, 15) is 17.6 Å². The van der Waals surface area contributed by atoms with Crippen molar-refractivity contribution < 1.29 is 22.3 Å². The average molecular weight is 222 g/mol. The molecule has 0 heterocycles. The van der Waals surface area contributed by atoms with Gasteiger partial charge in [-0.3, -0.25) is 0 Å². The largest absolute Gasteiger partial charge is 0.573 e. The van der Waals surface area contributed by atoms with E-state index in [2.05, 4.69) is 4.74 Å². The van der Waals surface area contributed by atoms with Crippen molar-refractivity contribution >= 4 is 0 Å². The van der Waals surface area contributed by atoms with Gasteiger partial charge in [0.1, 0.15) is 11.6 Å². The van der Waals surface area contributed by atoms with Crippen LogP contribution in [0.2, 0.25) is 0 Å². The van der Waals surface area contributed by atoms with Gasteiger partial charge in [0.2, 0.25) is 0 Å². The number of halogens is 4. The van der Waals surface area contributed by atoms with Crippen LogP contribution < -0.4 is 4.74 Å². The molecular weight excluding hydrogens is 212 g/mol. The second-order valence-electron chi connectivity index (χ2n) is 3.35. The fraction of sp³-hybridized carbons (Fsp3) is 0.400. The van der Waals surface area contributed by atoms with Crippen LogP contribution in [0.1, 0.15) is 25.3 Å². The number of hydrogen-bond acceptors (Lipinski definition) is 1. The van der Waals surface area contributed by atoms with Gasteiger partial charge >= 0.3 is 6.36 Å². The molecule has 5 heteroatoms. The third-order valence-corrected chi connectivity index (χ3v) is 1.82. The number of hydrogen-bond donors (Lipinski definition) is 0. The SMILES string of the molecule is CC(C)c1c(F)cccc1OC(F)(F)F. The number of ether oxygens (including phenoxy) is 1. The first-order chi connectivity index (χ1) is 6.81. The summed E-state index contributed by atoms with van der Waals surface area (Å²) in [6.07, 6.45) is -4.79. The van der Waals surface area contributed by atoms with Gasteiger partial charge in [0, 0.05) is 5.56 Å². The highest BCUT2D eigenvalue weighted by Crippen LogP contribution is 2.32. The Balaban J connectivity index is 3.12. The Kier molecular flexibility index (Phi) is 3.21. The number of alkyl halides is 3. The Morgan fingerprint density at radius 2 is 1.80 bits per heavy atom. The van der Waals surface area contributed by atoms with Crippen molar-refractivity contribution in [2.45, 2.75) is 26.1 Å². The number of benzene rings is 1. The van der Waals surface area contributed by atoms with Crippen molar-refractivity contribution in [2.75, 3.05) is 0 Å². The van der Waals surface area contributed by atoms with Gasteiger partial charge in [0.25, 0.3) is 0 Å². The third-order valence-electron chi connectivity index (χ3n) is 1.82. The van der Waals surface area contributed by atoms with Crippen molar-refractivity contribution in [2.24, 2.45) is 0 Å². The summed E-state index contributed by atoms with van der Waals surface area (Å²) in [5.41, 5.74) is -0.0603. The molecule has 0 aliphatic rings. The van der Waals surface area contributed by atoms with E-state index in [0.29, 0.717) is 0 Å². The highest BCUT2D eigenvalue weighted by Gasteiger charge is 2.32. The molecule has 1 nitrogen and oxygen atoms in total. The zero-order valence-electron chi connectivity index (χ0n) is 8.23. The van der Waals surface area contributed by atoms with Crippen LogP contribution in [0.25, 0.3) is 0 Å². The van der Waals surface area contributed by atoms with E-state index in [1.165, 1.54) is 6.07 Å².